The van der Waals surface area contributed by atoms with E-state index >= 15 is 0 Å². The van der Waals surface area contributed by atoms with E-state index in [0.29, 0.717) is 38.9 Å². The predicted octanol–water partition coefficient (Wildman–Crippen LogP) is 2.68. The van der Waals surface area contributed by atoms with Crippen LogP contribution in [-0.4, -0.2) is 38.1 Å². The maximum absolute atomic E-state index is 13.0. The minimum atomic E-state index is -0.564. The number of carbonyl (C=O) groups is 1. The van der Waals surface area contributed by atoms with Gasteiger partial charge in [0.1, 0.15) is 11.9 Å². The van der Waals surface area contributed by atoms with Gasteiger partial charge in [0.2, 0.25) is 0 Å². The molecule has 2 aliphatic rings. The molecular weight excluding hydrogens is 301 g/mol. The van der Waals surface area contributed by atoms with Crippen molar-refractivity contribution in [2.45, 2.75) is 31.8 Å². The van der Waals surface area contributed by atoms with Crippen LogP contribution < -0.4 is 0 Å². The largest absolute Gasteiger partial charge is 0.469 e. The Labute approximate surface area is 134 Å². The van der Waals surface area contributed by atoms with Crippen LogP contribution in [0.1, 0.15) is 31.2 Å². The zero-order valence-electron chi connectivity index (χ0n) is 13.1. The number of hydrogen-bond acceptors (Lipinski definition) is 5. The molecule has 0 spiro atoms. The lowest BCUT2D eigenvalue weighted by Crippen LogP contribution is -2.41. The van der Waals surface area contributed by atoms with Crippen LogP contribution in [0, 0.1) is 11.2 Å². The third-order valence-corrected chi connectivity index (χ3v) is 4.60. The molecule has 1 unspecified atom stereocenters. The van der Waals surface area contributed by atoms with Crippen LogP contribution in [0.25, 0.3) is 0 Å². The van der Waals surface area contributed by atoms with Crippen LogP contribution in [0.3, 0.4) is 0 Å². The van der Waals surface area contributed by atoms with Gasteiger partial charge in [-0.25, -0.2) is 4.39 Å². The van der Waals surface area contributed by atoms with Gasteiger partial charge in [-0.3, -0.25) is 4.79 Å². The van der Waals surface area contributed by atoms with E-state index in [2.05, 4.69) is 5.16 Å². The standard InChI is InChI=1S/C17H20FNO4/c1-21-16(20)17(6-8-22-9-7-17)11-14-10-15(19-23-14)12-2-4-13(18)5-3-12/h2-5,14H,6-11H2,1H3. The average molecular weight is 321 g/mol. The zero-order valence-corrected chi connectivity index (χ0v) is 13.1. The molecule has 5 nitrogen and oxygen atoms in total. The van der Waals surface area contributed by atoms with Crippen molar-refractivity contribution in [2.75, 3.05) is 20.3 Å². The fourth-order valence-electron chi connectivity index (χ4n) is 3.26. The number of esters is 1. The molecule has 0 N–H and O–H groups in total. The third-order valence-electron chi connectivity index (χ3n) is 4.60. The first-order valence-corrected chi connectivity index (χ1v) is 7.78. The summed E-state index contributed by atoms with van der Waals surface area (Å²) >= 11 is 0. The quantitative estimate of drug-likeness (QED) is 0.800. The van der Waals surface area contributed by atoms with E-state index in [4.69, 9.17) is 14.3 Å². The van der Waals surface area contributed by atoms with Crippen molar-refractivity contribution < 1.29 is 23.5 Å². The van der Waals surface area contributed by atoms with Gasteiger partial charge in [-0.15, -0.1) is 0 Å². The van der Waals surface area contributed by atoms with Gasteiger partial charge in [-0.05, 0) is 30.5 Å². The van der Waals surface area contributed by atoms with E-state index in [0.717, 1.165) is 11.3 Å². The molecule has 1 aromatic rings. The van der Waals surface area contributed by atoms with Gasteiger partial charge in [-0.1, -0.05) is 17.3 Å². The van der Waals surface area contributed by atoms with E-state index in [-0.39, 0.29) is 17.9 Å². The second kappa shape index (κ2) is 6.66. The summed E-state index contributed by atoms with van der Waals surface area (Å²) in [5, 5.41) is 4.11. The Morgan fingerprint density at radius 3 is 2.70 bits per heavy atom. The Morgan fingerprint density at radius 2 is 2.04 bits per heavy atom. The zero-order chi connectivity index (χ0) is 16.3. The van der Waals surface area contributed by atoms with Gasteiger partial charge >= 0.3 is 5.97 Å². The summed E-state index contributed by atoms with van der Waals surface area (Å²) in [7, 11) is 1.41. The summed E-state index contributed by atoms with van der Waals surface area (Å²) in [5.41, 5.74) is 1.06. The molecule has 0 amide bonds. The maximum Gasteiger partial charge on any atom is 0.312 e. The predicted molar refractivity (Wildman–Crippen MR) is 81.5 cm³/mol. The highest BCUT2D eigenvalue weighted by Crippen LogP contribution is 2.39. The van der Waals surface area contributed by atoms with Crippen LogP contribution >= 0.6 is 0 Å². The number of oxime groups is 1. The van der Waals surface area contributed by atoms with Gasteiger partial charge in [0.15, 0.2) is 0 Å². The number of ether oxygens (including phenoxy) is 2. The van der Waals surface area contributed by atoms with Crippen molar-refractivity contribution in [1.82, 2.24) is 0 Å². The molecular formula is C17H20FNO4. The summed E-state index contributed by atoms with van der Waals surface area (Å²) < 4.78 is 23.4. The third kappa shape index (κ3) is 3.37. The van der Waals surface area contributed by atoms with Crippen LogP contribution in [0.15, 0.2) is 29.4 Å². The van der Waals surface area contributed by atoms with E-state index in [1.165, 1.54) is 19.2 Å². The Bertz CT molecular complexity index is 593. The number of carbonyl (C=O) groups excluding carboxylic acids is 1. The van der Waals surface area contributed by atoms with Crippen molar-refractivity contribution in [3.63, 3.8) is 0 Å². The molecule has 0 saturated carbocycles. The molecule has 2 heterocycles. The monoisotopic (exact) mass is 321 g/mol. The van der Waals surface area contributed by atoms with Crippen molar-refractivity contribution in [2.24, 2.45) is 10.6 Å². The van der Waals surface area contributed by atoms with Crippen molar-refractivity contribution in [3.05, 3.63) is 35.6 Å². The molecule has 0 radical (unpaired) electrons. The second-order valence-electron chi connectivity index (χ2n) is 6.06. The Kier molecular flexibility index (Phi) is 4.61. The molecule has 2 aliphatic heterocycles. The number of methoxy groups -OCH3 is 1. The van der Waals surface area contributed by atoms with Crippen LogP contribution in [0.2, 0.25) is 0 Å². The number of rotatable bonds is 4. The van der Waals surface area contributed by atoms with Crippen LogP contribution in [0.4, 0.5) is 4.39 Å². The fourth-order valence-corrected chi connectivity index (χ4v) is 3.26. The molecule has 124 valence electrons. The highest BCUT2D eigenvalue weighted by atomic mass is 19.1. The summed E-state index contributed by atoms with van der Waals surface area (Å²) in [4.78, 5) is 17.8. The maximum atomic E-state index is 13.0. The smallest absolute Gasteiger partial charge is 0.312 e. The number of halogens is 1. The summed E-state index contributed by atoms with van der Waals surface area (Å²) in [6, 6.07) is 6.17. The summed E-state index contributed by atoms with van der Waals surface area (Å²) in [5.74, 6) is -0.490. The van der Waals surface area contributed by atoms with Gasteiger partial charge in [0, 0.05) is 26.1 Å². The van der Waals surface area contributed by atoms with Crippen molar-refractivity contribution in [1.29, 1.82) is 0 Å². The van der Waals surface area contributed by atoms with Gasteiger partial charge in [0.25, 0.3) is 0 Å². The minimum absolute atomic E-state index is 0.174. The van der Waals surface area contributed by atoms with Gasteiger partial charge < -0.3 is 14.3 Å². The molecule has 6 heteroatoms. The molecule has 0 bridgehead atoms. The van der Waals surface area contributed by atoms with E-state index < -0.39 is 5.41 Å². The highest BCUT2D eigenvalue weighted by molar-refractivity contribution is 6.01. The fraction of sp³-hybridized carbons (Fsp3) is 0.529. The molecule has 1 aromatic carbocycles. The number of hydrogen-bond donors (Lipinski definition) is 0. The SMILES string of the molecule is COC(=O)C1(CC2CC(c3ccc(F)cc3)=NO2)CCOCC1. The van der Waals surface area contributed by atoms with E-state index in [1.807, 2.05) is 0 Å². The lowest BCUT2D eigenvalue weighted by atomic mass is 9.75. The number of nitrogens with zero attached hydrogens (tertiary/aromatic N) is 1. The first-order valence-electron chi connectivity index (χ1n) is 7.78. The average Bonchev–Trinajstić information content (AvgIpc) is 3.04. The molecule has 3 rings (SSSR count). The normalized spacial score (nSPS) is 23.0. The summed E-state index contributed by atoms with van der Waals surface area (Å²) in [6.45, 7) is 1.10. The lowest BCUT2D eigenvalue weighted by Gasteiger charge is -2.35. The lowest BCUT2D eigenvalue weighted by molar-refractivity contribution is -0.162. The molecule has 0 aromatic heterocycles. The molecule has 0 aliphatic carbocycles. The van der Waals surface area contributed by atoms with Crippen LogP contribution in [0.5, 0.6) is 0 Å². The summed E-state index contributed by atoms with van der Waals surface area (Å²) in [6.07, 6.45) is 2.24. The van der Waals surface area contributed by atoms with Crippen LogP contribution in [-0.2, 0) is 19.1 Å². The highest BCUT2D eigenvalue weighted by Gasteiger charge is 2.44. The topological polar surface area (TPSA) is 57.1 Å². The Balaban J connectivity index is 1.67. The molecule has 1 saturated heterocycles. The Hall–Kier alpha value is -1.95. The Morgan fingerprint density at radius 1 is 1.35 bits per heavy atom. The first-order chi connectivity index (χ1) is 11.1. The van der Waals surface area contributed by atoms with Gasteiger partial charge in [0.05, 0.1) is 18.2 Å². The van der Waals surface area contributed by atoms with Crippen molar-refractivity contribution >= 4 is 11.7 Å². The molecule has 1 fully saturated rings. The van der Waals surface area contributed by atoms with E-state index in [9.17, 15) is 9.18 Å². The van der Waals surface area contributed by atoms with E-state index in [1.54, 1.807) is 12.1 Å². The number of benzene rings is 1. The second-order valence-corrected chi connectivity index (χ2v) is 6.06. The molecule has 23 heavy (non-hydrogen) atoms. The minimum Gasteiger partial charge on any atom is -0.469 e. The van der Waals surface area contributed by atoms with Crippen molar-refractivity contribution in [3.8, 4) is 0 Å². The molecule has 1 atom stereocenters. The first kappa shape index (κ1) is 15.9. The van der Waals surface area contributed by atoms with Gasteiger partial charge in [-0.2, -0.15) is 0 Å².